The van der Waals surface area contributed by atoms with Gasteiger partial charge in [0.1, 0.15) is 6.04 Å². The third-order valence-corrected chi connectivity index (χ3v) is 8.47. The Kier molecular flexibility index (Phi) is 11.0. The summed E-state index contributed by atoms with van der Waals surface area (Å²) in [6.45, 7) is 7.57. The summed E-state index contributed by atoms with van der Waals surface area (Å²) < 4.78 is 0. The van der Waals surface area contributed by atoms with Gasteiger partial charge in [-0.15, -0.1) is 0 Å². The van der Waals surface area contributed by atoms with Crippen molar-refractivity contribution in [3.63, 3.8) is 0 Å². The fourth-order valence-electron chi connectivity index (χ4n) is 6.29. The van der Waals surface area contributed by atoms with Gasteiger partial charge in [-0.05, 0) is 80.3 Å². The van der Waals surface area contributed by atoms with E-state index in [0.29, 0.717) is 18.9 Å². The molecule has 0 aliphatic carbocycles. The molecule has 3 aromatic carbocycles. The molecule has 6 heteroatoms. The summed E-state index contributed by atoms with van der Waals surface area (Å²) in [5.41, 5.74) is 3.32. The molecule has 1 aliphatic heterocycles. The number of carboxylic acid groups (broad SMARTS) is 1. The van der Waals surface area contributed by atoms with Gasteiger partial charge >= 0.3 is 6.09 Å². The van der Waals surface area contributed by atoms with E-state index in [1.807, 2.05) is 26.0 Å². The number of hydrogen-bond acceptors (Lipinski definition) is 3. The van der Waals surface area contributed by atoms with Gasteiger partial charge < -0.3 is 20.6 Å². The average molecular weight is 556 g/mol. The van der Waals surface area contributed by atoms with Crippen LogP contribution in [0.4, 0.5) is 4.79 Å². The quantitative estimate of drug-likeness (QED) is 0.227. The summed E-state index contributed by atoms with van der Waals surface area (Å²) in [7, 11) is 0. The van der Waals surface area contributed by atoms with Gasteiger partial charge in [-0.25, -0.2) is 4.79 Å². The van der Waals surface area contributed by atoms with Gasteiger partial charge in [0, 0.05) is 12.0 Å². The van der Waals surface area contributed by atoms with Crippen LogP contribution in [0.2, 0.25) is 0 Å². The molecule has 0 unspecified atom stereocenters. The van der Waals surface area contributed by atoms with Crippen LogP contribution in [0.5, 0.6) is 0 Å². The highest BCUT2D eigenvalue weighted by Crippen LogP contribution is 2.37. The number of hydrogen-bond donors (Lipinski definition) is 3. The molecular formula is C35H45N3O3. The maximum atomic E-state index is 13.3. The van der Waals surface area contributed by atoms with E-state index in [9.17, 15) is 14.7 Å². The lowest BCUT2D eigenvalue weighted by Crippen LogP contribution is -2.51. The number of nitrogens with zero attached hydrogens (tertiary/aromatic N) is 1. The zero-order chi connectivity index (χ0) is 29.1. The molecule has 0 spiro atoms. The van der Waals surface area contributed by atoms with Crippen LogP contribution in [-0.2, 0) is 10.2 Å². The Labute approximate surface area is 245 Å². The normalized spacial score (nSPS) is 15.4. The molecule has 4 rings (SSSR count). The van der Waals surface area contributed by atoms with Crippen molar-refractivity contribution in [2.75, 3.05) is 26.2 Å². The van der Waals surface area contributed by atoms with E-state index in [0.717, 1.165) is 43.6 Å². The highest BCUT2D eigenvalue weighted by molar-refractivity contribution is 5.85. The molecule has 2 amide bonds. The van der Waals surface area contributed by atoms with E-state index in [2.05, 4.69) is 94.4 Å². The number of piperidine rings is 1. The van der Waals surface area contributed by atoms with Gasteiger partial charge in [-0.1, -0.05) is 105 Å². The molecule has 41 heavy (non-hydrogen) atoms. The van der Waals surface area contributed by atoms with Crippen LogP contribution in [0, 0.1) is 5.92 Å². The van der Waals surface area contributed by atoms with E-state index in [-0.39, 0.29) is 11.8 Å². The molecule has 0 bridgehead atoms. The van der Waals surface area contributed by atoms with Crippen LogP contribution in [0.3, 0.4) is 0 Å². The maximum Gasteiger partial charge on any atom is 0.405 e. The maximum absolute atomic E-state index is 13.3. The average Bonchev–Trinajstić information content (AvgIpc) is 2.99. The number of nitrogens with one attached hydrogen (secondary N) is 2. The highest BCUT2D eigenvalue weighted by atomic mass is 16.4. The lowest BCUT2D eigenvalue weighted by Gasteiger charge is -2.38. The monoisotopic (exact) mass is 555 g/mol. The molecule has 1 atom stereocenters. The number of likely N-dealkylation sites (tertiary alicyclic amines) is 1. The molecule has 6 nitrogen and oxygen atoms in total. The molecule has 3 aromatic rings. The minimum absolute atomic E-state index is 0.177. The van der Waals surface area contributed by atoms with Gasteiger partial charge in [0.2, 0.25) is 5.91 Å². The SMILES string of the molecule is CC(C)C[C@H](NC(=O)O)C(=O)NCC(CCCN1CCC(c2ccccc2)CC1)(c1ccccc1)c1ccccc1. The molecular weight excluding hydrogens is 510 g/mol. The van der Waals surface area contributed by atoms with Crippen molar-refractivity contribution in [1.82, 2.24) is 15.5 Å². The zero-order valence-electron chi connectivity index (χ0n) is 24.5. The van der Waals surface area contributed by atoms with Gasteiger partial charge in [0.25, 0.3) is 0 Å². The van der Waals surface area contributed by atoms with Crippen molar-refractivity contribution in [3.8, 4) is 0 Å². The van der Waals surface area contributed by atoms with Crippen LogP contribution in [-0.4, -0.2) is 54.2 Å². The molecule has 218 valence electrons. The van der Waals surface area contributed by atoms with Crippen molar-refractivity contribution >= 4 is 12.0 Å². The summed E-state index contributed by atoms with van der Waals surface area (Å²) in [6.07, 6.45) is 3.46. The Balaban J connectivity index is 1.50. The topological polar surface area (TPSA) is 81.7 Å². The second-order valence-corrected chi connectivity index (χ2v) is 11.8. The standard InChI is InChI=1S/C35H45N3O3/c1-27(2)25-32(37-34(40)41)33(39)36-26-35(30-15-8-4-9-16-30,31-17-10-5-11-18-31)21-12-22-38-23-19-29(20-24-38)28-13-6-3-7-14-28/h3-11,13-18,27,29,32,37H,12,19-26H2,1-2H3,(H,36,39)(H,40,41)/t32-/m0/s1. The summed E-state index contributed by atoms with van der Waals surface area (Å²) in [5, 5.41) is 14.9. The van der Waals surface area contributed by atoms with Crippen molar-refractivity contribution in [1.29, 1.82) is 0 Å². The first-order chi connectivity index (χ1) is 19.9. The van der Waals surface area contributed by atoms with Gasteiger partial charge in [0.05, 0.1) is 0 Å². The fourth-order valence-corrected chi connectivity index (χ4v) is 6.29. The highest BCUT2D eigenvalue weighted by Gasteiger charge is 2.35. The zero-order valence-corrected chi connectivity index (χ0v) is 24.5. The van der Waals surface area contributed by atoms with E-state index >= 15 is 0 Å². The third kappa shape index (κ3) is 8.43. The summed E-state index contributed by atoms with van der Waals surface area (Å²) in [5.74, 6) is 0.533. The molecule has 1 aliphatic rings. The minimum Gasteiger partial charge on any atom is -0.465 e. The van der Waals surface area contributed by atoms with Crippen molar-refractivity contribution in [2.45, 2.75) is 63.3 Å². The first kappa shape index (κ1) is 30.3. The Bertz CT molecular complexity index is 1170. The molecule has 1 heterocycles. The Morgan fingerprint density at radius 1 is 0.878 bits per heavy atom. The van der Waals surface area contributed by atoms with Crippen LogP contribution in [0.15, 0.2) is 91.0 Å². The number of benzene rings is 3. The van der Waals surface area contributed by atoms with E-state index in [1.165, 1.54) is 18.4 Å². The Hall–Kier alpha value is -3.64. The number of carbonyl (C=O) groups is 2. The minimum atomic E-state index is -1.18. The fraction of sp³-hybridized carbons (Fsp3) is 0.429. The van der Waals surface area contributed by atoms with E-state index in [1.54, 1.807) is 0 Å². The lowest BCUT2D eigenvalue weighted by molar-refractivity contribution is -0.123. The van der Waals surface area contributed by atoms with E-state index in [4.69, 9.17) is 0 Å². The largest absolute Gasteiger partial charge is 0.465 e. The summed E-state index contributed by atoms with van der Waals surface area (Å²) in [6, 6.07) is 30.9. The summed E-state index contributed by atoms with van der Waals surface area (Å²) >= 11 is 0. The smallest absolute Gasteiger partial charge is 0.405 e. The number of carbonyl (C=O) groups excluding carboxylic acids is 1. The molecule has 0 radical (unpaired) electrons. The first-order valence-electron chi connectivity index (χ1n) is 15.0. The number of rotatable bonds is 13. The van der Waals surface area contributed by atoms with Crippen LogP contribution >= 0.6 is 0 Å². The van der Waals surface area contributed by atoms with Crippen molar-refractivity contribution < 1.29 is 14.7 Å². The molecule has 0 aromatic heterocycles. The van der Waals surface area contributed by atoms with Crippen molar-refractivity contribution in [3.05, 3.63) is 108 Å². The van der Waals surface area contributed by atoms with Crippen LogP contribution in [0.1, 0.15) is 68.6 Å². The third-order valence-electron chi connectivity index (χ3n) is 8.47. The van der Waals surface area contributed by atoms with E-state index < -0.39 is 17.6 Å². The molecule has 3 N–H and O–H groups in total. The van der Waals surface area contributed by atoms with Gasteiger partial charge in [-0.3, -0.25) is 4.79 Å². The van der Waals surface area contributed by atoms with Crippen LogP contribution < -0.4 is 10.6 Å². The molecule has 1 saturated heterocycles. The second-order valence-electron chi connectivity index (χ2n) is 11.8. The molecule has 0 saturated carbocycles. The summed E-state index contributed by atoms with van der Waals surface area (Å²) in [4.78, 5) is 27.4. The Morgan fingerprint density at radius 3 is 1.93 bits per heavy atom. The van der Waals surface area contributed by atoms with Gasteiger partial charge in [0.15, 0.2) is 0 Å². The van der Waals surface area contributed by atoms with Crippen molar-refractivity contribution in [2.24, 2.45) is 5.92 Å². The number of amides is 2. The molecule has 1 fully saturated rings. The first-order valence-corrected chi connectivity index (χ1v) is 15.0. The second kappa shape index (κ2) is 14.8. The predicted molar refractivity (Wildman–Crippen MR) is 165 cm³/mol. The van der Waals surface area contributed by atoms with Crippen LogP contribution in [0.25, 0.3) is 0 Å². The predicted octanol–water partition coefficient (Wildman–Crippen LogP) is 6.43. The Morgan fingerprint density at radius 2 is 1.41 bits per heavy atom. The lowest BCUT2D eigenvalue weighted by atomic mass is 9.71. The van der Waals surface area contributed by atoms with Gasteiger partial charge in [-0.2, -0.15) is 0 Å².